The maximum Gasteiger partial charge on any atom is 0.387 e. The molecule has 5 nitrogen and oxygen atoms in total. The van der Waals surface area contributed by atoms with Gasteiger partial charge in [-0.05, 0) is 29.3 Å². The van der Waals surface area contributed by atoms with Crippen molar-refractivity contribution >= 4 is 5.91 Å². The first kappa shape index (κ1) is 19.3. The van der Waals surface area contributed by atoms with Gasteiger partial charge in [0.15, 0.2) is 0 Å². The lowest BCUT2D eigenvalue weighted by Crippen LogP contribution is -2.24. The SMILES string of the molecule is O=C(NCc1ccnc(OCc2ccccc2)c1)c1ccccc1OC(F)F. The lowest BCUT2D eigenvalue weighted by molar-refractivity contribution is -0.0501. The minimum Gasteiger partial charge on any atom is -0.473 e. The van der Waals surface area contributed by atoms with Crippen LogP contribution >= 0.6 is 0 Å². The molecule has 0 unspecified atom stereocenters. The highest BCUT2D eigenvalue weighted by atomic mass is 19.3. The molecule has 0 aliphatic heterocycles. The molecular formula is C21H18F2N2O3. The molecule has 0 spiro atoms. The van der Waals surface area contributed by atoms with Crippen LogP contribution in [0.5, 0.6) is 11.6 Å². The van der Waals surface area contributed by atoms with Crippen molar-refractivity contribution in [3.8, 4) is 11.6 Å². The van der Waals surface area contributed by atoms with Crippen LogP contribution in [-0.4, -0.2) is 17.5 Å². The molecule has 0 aliphatic rings. The van der Waals surface area contributed by atoms with Crippen molar-refractivity contribution in [1.29, 1.82) is 0 Å². The molecular weight excluding hydrogens is 366 g/mol. The lowest BCUT2D eigenvalue weighted by Gasteiger charge is -2.11. The summed E-state index contributed by atoms with van der Waals surface area (Å²) in [7, 11) is 0. The van der Waals surface area contributed by atoms with Gasteiger partial charge in [0, 0.05) is 18.8 Å². The second kappa shape index (κ2) is 9.45. The monoisotopic (exact) mass is 384 g/mol. The molecule has 1 amide bonds. The fraction of sp³-hybridized carbons (Fsp3) is 0.143. The Labute approximate surface area is 160 Å². The summed E-state index contributed by atoms with van der Waals surface area (Å²) in [6.45, 7) is -2.44. The number of hydrogen-bond acceptors (Lipinski definition) is 4. The summed E-state index contributed by atoms with van der Waals surface area (Å²) in [6, 6.07) is 19.0. The van der Waals surface area contributed by atoms with Crippen molar-refractivity contribution < 1.29 is 23.0 Å². The molecule has 0 saturated heterocycles. The van der Waals surface area contributed by atoms with Gasteiger partial charge in [-0.3, -0.25) is 4.79 Å². The van der Waals surface area contributed by atoms with Gasteiger partial charge >= 0.3 is 6.61 Å². The number of alkyl halides is 2. The summed E-state index contributed by atoms with van der Waals surface area (Å²) in [5.74, 6) is -0.256. The number of amides is 1. The number of halogens is 2. The van der Waals surface area contributed by atoms with Crippen LogP contribution in [0.25, 0.3) is 0 Å². The van der Waals surface area contributed by atoms with Crippen LogP contribution in [0.2, 0.25) is 0 Å². The highest BCUT2D eigenvalue weighted by Crippen LogP contribution is 2.20. The summed E-state index contributed by atoms with van der Waals surface area (Å²) in [4.78, 5) is 16.5. The molecule has 0 saturated carbocycles. The Bertz CT molecular complexity index is 920. The lowest BCUT2D eigenvalue weighted by atomic mass is 10.2. The first-order valence-corrected chi connectivity index (χ1v) is 8.55. The van der Waals surface area contributed by atoms with Crippen LogP contribution in [0.4, 0.5) is 8.78 Å². The fourth-order valence-corrected chi connectivity index (χ4v) is 2.50. The number of hydrogen-bond donors (Lipinski definition) is 1. The Kier molecular flexibility index (Phi) is 6.51. The topological polar surface area (TPSA) is 60.5 Å². The second-order valence-electron chi connectivity index (χ2n) is 5.83. The van der Waals surface area contributed by atoms with Crippen molar-refractivity contribution in [1.82, 2.24) is 10.3 Å². The van der Waals surface area contributed by atoms with E-state index < -0.39 is 12.5 Å². The molecule has 3 aromatic rings. The predicted octanol–water partition coefficient (Wildman–Crippen LogP) is 4.19. The number of carbonyl (C=O) groups excluding carboxylic acids is 1. The summed E-state index contributed by atoms with van der Waals surface area (Å²) in [5, 5.41) is 2.68. The number of benzene rings is 2. The molecule has 0 fully saturated rings. The van der Waals surface area contributed by atoms with Gasteiger partial charge in [-0.15, -0.1) is 0 Å². The molecule has 1 heterocycles. The highest BCUT2D eigenvalue weighted by molar-refractivity contribution is 5.96. The first-order chi connectivity index (χ1) is 13.6. The summed E-state index contributed by atoms with van der Waals surface area (Å²) >= 11 is 0. The number of pyridine rings is 1. The molecule has 0 aliphatic carbocycles. The molecule has 28 heavy (non-hydrogen) atoms. The van der Waals surface area contributed by atoms with Crippen molar-refractivity contribution in [2.75, 3.05) is 0 Å². The number of rotatable bonds is 8. The third kappa shape index (κ3) is 5.51. The van der Waals surface area contributed by atoms with E-state index in [1.165, 1.54) is 18.2 Å². The van der Waals surface area contributed by atoms with Crippen molar-refractivity contribution in [2.24, 2.45) is 0 Å². The Morgan fingerprint density at radius 1 is 1.00 bits per heavy atom. The quantitative estimate of drug-likeness (QED) is 0.633. The third-order valence-electron chi connectivity index (χ3n) is 3.83. The minimum atomic E-state index is -3.00. The van der Waals surface area contributed by atoms with Gasteiger partial charge in [-0.2, -0.15) is 8.78 Å². The number of para-hydroxylation sites is 1. The van der Waals surface area contributed by atoms with Gasteiger partial charge < -0.3 is 14.8 Å². The maximum atomic E-state index is 12.5. The number of nitrogens with zero attached hydrogens (tertiary/aromatic N) is 1. The molecule has 0 atom stereocenters. The zero-order chi connectivity index (χ0) is 19.8. The zero-order valence-corrected chi connectivity index (χ0v) is 14.8. The Morgan fingerprint density at radius 3 is 2.54 bits per heavy atom. The van der Waals surface area contributed by atoms with E-state index in [1.807, 2.05) is 30.3 Å². The van der Waals surface area contributed by atoms with Crippen LogP contribution < -0.4 is 14.8 Å². The first-order valence-electron chi connectivity index (χ1n) is 8.55. The summed E-state index contributed by atoms with van der Waals surface area (Å²) in [6.07, 6.45) is 1.58. The van der Waals surface area contributed by atoms with Gasteiger partial charge in [0.1, 0.15) is 12.4 Å². The van der Waals surface area contributed by atoms with Gasteiger partial charge in [0.2, 0.25) is 5.88 Å². The van der Waals surface area contributed by atoms with Crippen LogP contribution in [0.15, 0.2) is 72.9 Å². The largest absolute Gasteiger partial charge is 0.473 e. The molecule has 0 radical (unpaired) electrons. The second-order valence-corrected chi connectivity index (χ2v) is 5.83. The maximum absolute atomic E-state index is 12.5. The number of aromatic nitrogens is 1. The number of carbonyl (C=O) groups is 1. The summed E-state index contributed by atoms with van der Waals surface area (Å²) < 4.78 is 35.0. The number of ether oxygens (including phenoxy) is 2. The van der Waals surface area contributed by atoms with E-state index >= 15 is 0 Å². The predicted molar refractivity (Wildman–Crippen MR) is 99.3 cm³/mol. The van der Waals surface area contributed by atoms with Crippen molar-refractivity contribution in [2.45, 2.75) is 19.8 Å². The van der Waals surface area contributed by atoms with Gasteiger partial charge in [0.25, 0.3) is 5.91 Å². The summed E-state index contributed by atoms with van der Waals surface area (Å²) in [5.41, 5.74) is 1.81. The Morgan fingerprint density at radius 2 is 1.75 bits per heavy atom. The molecule has 3 rings (SSSR count). The molecule has 1 N–H and O–H groups in total. The van der Waals surface area contributed by atoms with Gasteiger partial charge in [-0.1, -0.05) is 42.5 Å². The smallest absolute Gasteiger partial charge is 0.387 e. The van der Waals surface area contributed by atoms with E-state index in [4.69, 9.17) is 4.74 Å². The van der Waals surface area contributed by atoms with E-state index in [0.29, 0.717) is 12.5 Å². The molecule has 2 aromatic carbocycles. The Hall–Kier alpha value is -3.48. The third-order valence-corrected chi connectivity index (χ3v) is 3.83. The van der Waals surface area contributed by atoms with E-state index in [1.54, 1.807) is 24.4 Å². The standard InChI is InChI=1S/C21H18F2N2O3/c22-21(23)28-18-9-5-4-8-17(18)20(26)25-13-16-10-11-24-19(12-16)27-14-15-6-2-1-3-7-15/h1-12,21H,13-14H2,(H,25,26). The number of nitrogens with one attached hydrogen (secondary N) is 1. The molecule has 7 heteroatoms. The zero-order valence-electron chi connectivity index (χ0n) is 14.8. The molecule has 1 aromatic heterocycles. The minimum absolute atomic E-state index is 0.0393. The Balaban J connectivity index is 1.60. The van der Waals surface area contributed by atoms with Crippen molar-refractivity contribution in [3.05, 3.63) is 89.6 Å². The average Bonchev–Trinajstić information content (AvgIpc) is 2.71. The van der Waals surface area contributed by atoms with Gasteiger partial charge in [-0.25, -0.2) is 4.98 Å². The molecule has 0 bridgehead atoms. The molecule has 144 valence electrons. The highest BCUT2D eigenvalue weighted by Gasteiger charge is 2.15. The van der Waals surface area contributed by atoms with Crippen molar-refractivity contribution in [3.63, 3.8) is 0 Å². The average molecular weight is 384 g/mol. The van der Waals surface area contributed by atoms with Crippen LogP contribution in [0.1, 0.15) is 21.5 Å². The van der Waals surface area contributed by atoms with Crippen LogP contribution in [0, 0.1) is 0 Å². The fourth-order valence-electron chi connectivity index (χ4n) is 2.50. The van der Waals surface area contributed by atoms with Crippen LogP contribution in [0.3, 0.4) is 0 Å². The van der Waals surface area contributed by atoms with E-state index in [-0.39, 0.29) is 17.9 Å². The van der Waals surface area contributed by atoms with E-state index in [2.05, 4.69) is 15.0 Å². The normalized spacial score (nSPS) is 10.5. The van der Waals surface area contributed by atoms with E-state index in [0.717, 1.165) is 11.1 Å². The van der Waals surface area contributed by atoms with E-state index in [9.17, 15) is 13.6 Å². The van der Waals surface area contributed by atoms with Gasteiger partial charge in [0.05, 0.1) is 5.56 Å². The van der Waals surface area contributed by atoms with Crippen LogP contribution in [-0.2, 0) is 13.2 Å².